The molecule has 0 fully saturated rings. The number of rotatable bonds is 3. The van der Waals surface area contributed by atoms with Gasteiger partial charge in [0.1, 0.15) is 6.10 Å². The highest BCUT2D eigenvalue weighted by Gasteiger charge is 2.17. The Hall–Kier alpha value is -1.13. The highest BCUT2D eigenvalue weighted by Crippen LogP contribution is 2.28. The molecule has 2 rings (SSSR count). The minimum atomic E-state index is -0.549. The van der Waals surface area contributed by atoms with Crippen LogP contribution < -0.4 is 0 Å². The molecule has 2 aromatic rings. The third-order valence-corrected chi connectivity index (χ3v) is 3.59. The van der Waals surface area contributed by atoms with Crippen LogP contribution in [-0.4, -0.2) is 14.7 Å². The molecule has 0 aromatic carbocycles. The number of aliphatic hydroxyl groups is 1. The summed E-state index contributed by atoms with van der Waals surface area (Å²) in [6.45, 7) is 4.89. The second-order valence-electron chi connectivity index (χ2n) is 3.47. The molecule has 0 aliphatic carbocycles. The zero-order valence-electron chi connectivity index (χ0n) is 8.84. The summed E-state index contributed by atoms with van der Waals surface area (Å²) in [5, 5.41) is 12.2. The van der Waals surface area contributed by atoms with Gasteiger partial charge in [0.25, 0.3) is 0 Å². The quantitative estimate of drug-likeness (QED) is 0.865. The van der Waals surface area contributed by atoms with Gasteiger partial charge in [-0.05, 0) is 30.9 Å². The summed E-state index contributed by atoms with van der Waals surface area (Å²) in [4.78, 5) is 5.07. The van der Waals surface area contributed by atoms with Gasteiger partial charge in [0, 0.05) is 11.4 Å². The van der Waals surface area contributed by atoms with Crippen molar-refractivity contribution in [1.82, 2.24) is 9.55 Å². The van der Waals surface area contributed by atoms with Crippen molar-refractivity contribution in [2.45, 2.75) is 26.5 Å². The number of thiophene rings is 1. The molecule has 1 unspecified atom stereocenters. The number of hydrogen-bond acceptors (Lipinski definition) is 3. The number of imidazole rings is 1. The van der Waals surface area contributed by atoms with Gasteiger partial charge in [0.15, 0.2) is 0 Å². The van der Waals surface area contributed by atoms with E-state index in [-0.39, 0.29) is 0 Å². The van der Waals surface area contributed by atoms with Gasteiger partial charge in [-0.3, -0.25) is 0 Å². The minimum absolute atomic E-state index is 0.549. The molecule has 15 heavy (non-hydrogen) atoms. The molecule has 0 saturated carbocycles. The number of hydrogen-bond donors (Lipinski definition) is 1. The van der Waals surface area contributed by atoms with Crippen molar-refractivity contribution in [2.24, 2.45) is 0 Å². The van der Waals surface area contributed by atoms with Gasteiger partial charge in [0.05, 0.1) is 18.2 Å². The zero-order valence-corrected chi connectivity index (χ0v) is 9.66. The van der Waals surface area contributed by atoms with Gasteiger partial charge in [-0.1, -0.05) is 0 Å². The van der Waals surface area contributed by atoms with Crippen LogP contribution >= 0.6 is 11.3 Å². The Balaban J connectivity index is 2.36. The third-order valence-electron chi connectivity index (χ3n) is 2.52. The Morgan fingerprint density at radius 3 is 3.00 bits per heavy atom. The van der Waals surface area contributed by atoms with Crippen LogP contribution in [0.2, 0.25) is 0 Å². The first kappa shape index (κ1) is 10.4. The molecule has 3 nitrogen and oxygen atoms in total. The van der Waals surface area contributed by atoms with E-state index in [1.807, 2.05) is 29.9 Å². The molecule has 0 aliphatic heterocycles. The Kier molecular flexibility index (Phi) is 2.88. The minimum Gasteiger partial charge on any atom is -0.381 e. The molecule has 0 saturated heterocycles. The van der Waals surface area contributed by atoms with Crippen molar-refractivity contribution in [3.8, 4) is 0 Å². The molecule has 0 aliphatic rings. The Morgan fingerprint density at radius 2 is 2.40 bits per heavy atom. The van der Waals surface area contributed by atoms with Crippen molar-refractivity contribution >= 4 is 11.3 Å². The first-order valence-corrected chi connectivity index (χ1v) is 5.84. The number of nitrogens with zero attached hydrogens (tertiary/aromatic N) is 2. The Bertz CT molecular complexity index is 447. The van der Waals surface area contributed by atoms with Crippen LogP contribution in [-0.2, 0) is 6.54 Å². The predicted octanol–water partition coefficient (Wildman–Crippen LogP) is 2.35. The van der Waals surface area contributed by atoms with E-state index in [2.05, 4.69) is 4.98 Å². The fraction of sp³-hybridized carbons (Fsp3) is 0.364. The molecule has 1 atom stereocenters. The average Bonchev–Trinajstić information content (AvgIpc) is 2.84. The van der Waals surface area contributed by atoms with E-state index in [4.69, 9.17) is 0 Å². The van der Waals surface area contributed by atoms with Crippen molar-refractivity contribution in [2.75, 3.05) is 0 Å². The molecule has 2 aromatic heterocycles. The highest BCUT2D eigenvalue weighted by molar-refractivity contribution is 7.10. The van der Waals surface area contributed by atoms with Gasteiger partial charge in [-0.25, -0.2) is 4.98 Å². The largest absolute Gasteiger partial charge is 0.381 e. The molecule has 0 spiro atoms. The second-order valence-corrected chi connectivity index (χ2v) is 4.42. The van der Waals surface area contributed by atoms with Crippen molar-refractivity contribution in [3.05, 3.63) is 40.1 Å². The molecule has 1 N–H and O–H groups in total. The van der Waals surface area contributed by atoms with Crippen LogP contribution in [0.1, 0.15) is 29.2 Å². The molecule has 0 amide bonds. The monoisotopic (exact) mass is 222 g/mol. The lowest BCUT2D eigenvalue weighted by Gasteiger charge is -2.12. The smallest absolute Gasteiger partial charge is 0.130 e. The van der Waals surface area contributed by atoms with E-state index < -0.39 is 6.10 Å². The molecular formula is C11H14N2OS. The normalized spacial score (nSPS) is 13.0. The summed E-state index contributed by atoms with van der Waals surface area (Å²) in [6, 6.07) is 2.02. The summed E-state index contributed by atoms with van der Waals surface area (Å²) >= 11 is 1.58. The van der Waals surface area contributed by atoms with Crippen molar-refractivity contribution in [3.63, 3.8) is 0 Å². The summed E-state index contributed by atoms with van der Waals surface area (Å²) in [7, 11) is 0. The lowest BCUT2D eigenvalue weighted by atomic mass is 10.1. The van der Waals surface area contributed by atoms with E-state index in [1.54, 1.807) is 23.9 Å². The second kappa shape index (κ2) is 4.16. The van der Waals surface area contributed by atoms with Gasteiger partial charge in [-0.15, -0.1) is 11.3 Å². The Morgan fingerprint density at radius 1 is 1.60 bits per heavy atom. The van der Waals surface area contributed by atoms with E-state index in [0.717, 1.165) is 22.7 Å². The van der Waals surface area contributed by atoms with Gasteiger partial charge in [0.2, 0.25) is 0 Å². The summed E-state index contributed by atoms with van der Waals surface area (Å²) in [5.74, 6) is 0. The van der Waals surface area contributed by atoms with Crippen LogP contribution in [0.25, 0.3) is 0 Å². The molecule has 0 radical (unpaired) electrons. The first-order chi connectivity index (χ1) is 7.24. The lowest BCUT2D eigenvalue weighted by molar-refractivity contribution is 0.213. The fourth-order valence-corrected chi connectivity index (χ4v) is 2.54. The number of aryl methyl sites for hydroxylation is 2. The summed E-state index contributed by atoms with van der Waals surface area (Å²) < 4.78 is 1.96. The predicted molar refractivity (Wildman–Crippen MR) is 61.0 cm³/mol. The van der Waals surface area contributed by atoms with Crippen LogP contribution in [0.15, 0.2) is 24.0 Å². The molecule has 4 heteroatoms. The topological polar surface area (TPSA) is 38.0 Å². The van der Waals surface area contributed by atoms with Gasteiger partial charge < -0.3 is 9.67 Å². The third kappa shape index (κ3) is 1.82. The van der Waals surface area contributed by atoms with Crippen molar-refractivity contribution < 1.29 is 5.11 Å². The van der Waals surface area contributed by atoms with E-state index in [0.29, 0.717) is 0 Å². The van der Waals surface area contributed by atoms with E-state index in [1.165, 1.54) is 0 Å². The maximum absolute atomic E-state index is 10.2. The molecule has 80 valence electrons. The van der Waals surface area contributed by atoms with Crippen LogP contribution in [0.3, 0.4) is 0 Å². The first-order valence-electron chi connectivity index (χ1n) is 4.96. The molecule has 2 heterocycles. The van der Waals surface area contributed by atoms with Crippen LogP contribution in [0, 0.1) is 6.92 Å². The summed E-state index contributed by atoms with van der Waals surface area (Å²) in [5.41, 5.74) is 2.00. The van der Waals surface area contributed by atoms with Gasteiger partial charge >= 0.3 is 0 Å². The lowest BCUT2D eigenvalue weighted by Crippen LogP contribution is -2.06. The van der Waals surface area contributed by atoms with Gasteiger partial charge in [-0.2, -0.15) is 0 Å². The SMILES string of the molecule is CCn1cncc1C(O)c1sccc1C. The van der Waals surface area contributed by atoms with E-state index in [9.17, 15) is 5.11 Å². The number of aromatic nitrogens is 2. The number of aliphatic hydroxyl groups excluding tert-OH is 1. The van der Waals surface area contributed by atoms with Crippen LogP contribution in [0.4, 0.5) is 0 Å². The van der Waals surface area contributed by atoms with E-state index >= 15 is 0 Å². The summed E-state index contributed by atoms with van der Waals surface area (Å²) in [6.07, 6.45) is 2.93. The highest BCUT2D eigenvalue weighted by atomic mass is 32.1. The molecular weight excluding hydrogens is 208 g/mol. The van der Waals surface area contributed by atoms with Crippen LogP contribution in [0.5, 0.6) is 0 Å². The zero-order chi connectivity index (χ0) is 10.8. The Labute approximate surface area is 93.0 Å². The standard InChI is InChI=1S/C11H14N2OS/c1-3-13-7-12-6-9(13)10(14)11-8(2)4-5-15-11/h4-7,10,14H,3H2,1-2H3. The average molecular weight is 222 g/mol. The maximum atomic E-state index is 10.2. The van der Waals surface area contributed by atoms with Crippen molar-refractivity contribution in [1.29, 1.82) is 0 Å². The maximum Gasteiger partial charge on any atom is 0.130 e. The molecule has 0 bridgehead atoms. The fourth-order valence-electron chi connectivity index (χ4n) is 1.62.